The molecule has 0 unspecified atom stereocenters. The summed E-state index contributed by atoms with van der Waals surface area (Å²) < 4.78 is 30.2. The second kappa shape index (κ2) is 9.75. The predicted octanol–water partition coefficient (Wildman–Crippen LogP) is 6.48. The van der Waals surface area contributed by atoms with Gasteiger partial charge in [0.1, 0.15) is 18.2 Å². The predicted molar refractivity (Wildman–Crippen MR) is 129 cm³/mol. The molecule has 4 aromatic carbocycles. The molecule has 0 amide bonds. The lowest BCUT2D eigenvalue weighted by Crippen LogP contribution is -1.97. The van der Waals surface area contributed by atoms with Crippen molar-refractivity contribution in [1.82, 2.24) is 0 Å². The number of benzene rings is 4. The van der Waals surface area contributed by atoms with E-state index in [1.54, 1.807) is 30.3 Å². The summed E-state index contributed by atoms with van der Waals surface area (Å²) in [5, 5.41) is 21.7. The molecule has 0 radical (unpaired) electrons. The average Bonchev–Trinajstić information content (AvgIpc) is 2.84. The number of phenolic OH excluding ortho intramolecular Hbond substituents is 2. The highest BCUT2D eigenvalue weighted by Crippen LogP contribution is 2.50. The third kappa shape index (κ3) is 4.62. The van der Waals surface area contributed by atoms with E-state index >= 15 is 0 Å². The first kappa shape index (κ1) is 23.0. The molecule has 5 nitrogen and oxygen atoms in total. The summed E-state index contributed by atoms with van der Waals surface area (Å²) in [6.07, 6.45) is 0. The largest absolute Gasteiger partial charge is 0.504 e. The second-order valence-corrected chi connectivity index (χ2v) is 7.85. The van der Waals surface area contributed by atoms with E-state index in [9.17, 15) is 14.6 Å². The van der Waals surface area contributed by atoms with Crippen molar-refractivity contribution >= 4 is 0 Å². The summed E-state index contributed by atoms with van der Waals surface area (Å²) in [7, 11) is 2.93. The molecule has 0 aliphatic rings. The number of methoxy groups -OCH3 is 2. The van der Waals surface area contributed by atoms with Gasteiger partial charge in [0.2, 0.25) is 0 Å². The molecule has 0 atom stereocenters. The first-order valence-corrected chi connectivity index (χ1v) is 10.7. The first-order chi connectivity index (χ1) is 16.4. The molecule has 2 N–H and O–H groups in total. The molecule has 0 spiro atoms. The maximum Gasteiger partial charge on any atom is 0.170 e. The van der Waals surface area contributed by atoms with Crippen molar-refractivity contribution in [2.45, 2.75) is 13.5 Å². The smallest absolute Gasteiger partial charge is 0.170 e. The van der Waals surface area contributed by atoms with Crippen LogP contribution >= 0.6 is 0 Å². The normalized spacial score (nSPS) is 10.7. The summed E-state index contributed by atoms with van der Waals surface area (Å²) in [4.78, 5) is 0. The Morgan fingerprint density at radius 2 is 1.44 bits per heavy atom. The van der Waals surface area contributed by atoms with Crippen molar-refractivity contribution in [2.75, 3.05) is 14.2 Å². The van der Waals surface area contributed by atoms with Crippen LogP contribution in [-0.2, 0) is 6.61 Å². The van der Waals surface area contributed by atoms with Crippen molar-refractivity contribution in [3.8, 4) is 51.0 Å². The molecule has 0 saturated carbocycles. The number of halogens is 1. The van der Waals surface area contributed by atoms with E-state index in [0.717, 1.165) is 11.1 Å². The third-order valence-corrected chi connectivity index (χ3v) is 5.56. The van der Waals surface area contributed by atoms with Crippen LogP contribution in [0.2, 0.25) is 0 Å². The minimum Gasteiger partial charge on any atom is -0.504 e. The molecule has 0 aliphatic heterocycles. The number of phenols is 2. The Morgan fingerprint density at radius 1 is 0.765 bits per heavy atom. The molecule has 0 aliphatic carbocycles. The van der Waals surface area contributed by atoms with Crippen molar-refractivity contribution in [3.63, 3.8) is 0 Å². The van der Waals surface area contributed by atoms with E-state index in [1.165, 1.54) is 32.4 Å². The summed E-state index contributed by atoms with van der Waals surface area (Å²) in [6, 6.07) is 20.4. The van der Waals surface area contributed by atoms with Gasteiger partial charge in [0.15, 0.2) is 23.0 Å². The maximum atomic E-state index is 13.4. The standard InChI is InChI=1S/C28H25FO5/c1-17-4-6-18(7-5-17)16-34-24-13-10-20(14-23(24)30)26-25(32-2)15-22(28(33-3)27(26)31)19-8-11-21(29)12-9-19/h4-15,30-31H,16H2,1-3H3. The van der Waals surface area contributed by atoms with Crippen LogP contribution in [0, 0.1) is 12.7 Å². The van der Waals surface area contributed by atoms with Gasteiger partial charge in [0.05, 0.1) is 19.8 Å². The molecular formula is C28H25FO5. The van der Waals surface area contributed by atoms with Crippen LogP contribution in [0.15, 0.2) is 72.8 Å². The molecule has 0 saturated heterocycles. The van der Waals surface area contributed by atoms with Gasteiger partial charge in [-0.1, -0.05) is 48.0 Å². The first-order valence-electron chi connectivity index (χ1n) is 10.7. The van der Waals surface area contributed by atoms with Crippen LogP contribution in [0.5, 0.6) is 28.7 Å². The fourth-order valence-electron chi connectivity index (χ4n) is 3.76. The van der Waals surface area contributed by atoms with Crippen LogP contribution < -0.4 is 14.2 Å². The summed E-state index contributed by atoms with van der Waals surface area (Å²) >= 11 is 0. The van der Waals surface area contributed by atoms with Crippen LogP contribution in [0.1, 0.15) is 11.1 Å². The number of aryl methyl sites for hydroxylation is 1. The Bertz CT molecular complexity index is 1300. The van der Waals surface area contributed by atoms with Gasteiger partial charge in [0.25, 0.3) is 0 Å². The Hall–Kier alpha value is -4.19. The fourth-order valence-corrected chi connectivity index (χ4v) is 3.76. The zero-order chi connectivity index (χ0) is 24.2. The highest BCUT2D eigenvalue weighted by atomic mass is 19.1. The minimum atomic E-state index is -0.365. The molecule has 0 aromatic heterocycles. The molecule has 34 heavy (non-hydrogen) atoms. The van der Waals surface area contributed by atoms with Gasteiger partial charge in [0, 0.05) is 5.56 Å². The van der Waals surface area contributed by atoms with Gasteiger partial charge in [-0.2, -0.15) is 0 Å². The van der Waals surface area contributed by atoms with Gasteiger partial charge in [-0.3, -0.25) is 0 Å². The highest BCUT2D eigenvalue weighted by Gasteiger charge is 2.22. The van der Waals surface area contributed by atoms with Crippen LogP contribution in [0.3, 0.4) is 0 Å². The van der Waals surface area contributed by atoms with E-state index in [2.05, 4.69) is 0 Å². The average molecular weight is 461 g/mol. The number of rotatable bonds is 7. The zero-order valence-electron chi connectivity index (χ0n) is 19.1. The fraction of sp³-hybridized carbons (Fsp3) is 0.143. The second-order valence-electron chi connectivity index (χ2n) is 7.85. The number of hydrogen-bond donors (Lipinski definition) is 2. The summed E-state index contributed by atoms with van der Waals surface area (Å²) in [5.74, 6) is 0.293. The zero-order valence-corrected chi connectivity index (χ0v) is 19.1. The van der Waals surface area contributed by atoms with E-state index in [4.69, 9.17) is 14.2 Å². The Labute approximate surface area is 197 Å². The molecule has 4 aromatic rings. The van der Waals surface area contributed by atoms with Crippen LogP contribution in [0.25, 0.3) is 22.3 Å². The molecule has 0 heterocycles. The molecule has 0 fully saturated rings. The highest BCUT2D eigenvalue weighted by molar-refractivity contribution is 5.88. The van der Waals surface area contributed by atoms with E-state index in [1.807, 2.05) is 31.2 Å². The topological polar surface area (TPSA) is 68.2 Å². The molecule has 6 heteroatoms. The lowest BCUT2D eigenvalue weighted by molar-refractivity contribution is 0.289. The van der Waals surface area contributed by atoms with Crippen molar-refractivity contribution < 1.29 is 28.8 Å². The Balaban J connectivity index is 1.69. The number of ether oxygens (including phenoxy) is 3. The number of aromatic hydroxyl groups is 2. The summed E-state index contributed by atoms with van der Waals surface area (Å²) in [5.41, 5.74) is 4.20. The van der Waals surface area contributed by atoms with E-state index in [-0.39, 0.29) is 23.1 Å². The maximum absolute atomic E-state index is 13.4. The molecular weight excluding hydrogens is 435 g/mol. The van der Waals surface area contributed by atoms with Gasteiger partial charge >= 0.3 is 0 Å². The third-order valence-electron chi connectivity index (χ3n) is 5.56. The molecule has 4 rings (SSSR count). The van der Waals surface area contributed by atoms with E-state index < -0.39 is 0 Å². The van der Waals surface area contributed by atoms with Crippen LogP contribution in [-0.4, -0.2) is 24.4 Å². The van der Waals surface area contributed by atoms with Crippen molar-refractivity contribution in [1.29, 1.82) is 0 Å². The Kier molecular flexibility index (Phi) is 6.59. The number of hydrogen-bond acceptors (Lipinski definition) is 5. The SMILES string of the molecule is COc1cc(-c2ccc(F)cc2)c(OC)c(O)c1-c1ccc(OCc2ccc(C)cc2)c(O)c1. The van der Waals surface area contributed by atoms with Gasteiger partial charge in [-0.05, 0) is 53.9 Å². The van der Waals surface area contributed by atoms with Gasteiger partial charge in [-0.25, -0.2) is 4.39 Å². The Morgan fingerprint density at radius 3 is 2.06 bits per heavy atom. The quantitative estimate of drug-likeness (QED) is 0.331. The molecule has 174 valence electrons. The van der Waals surface area contributed by atoms with Crippen molar-refractivity contribution in [3.05, 3.63) is 89.7 Å². The monoisotopic (exact) mass is 460 g/mol. The lowest BCUT2D eigenvalue weighted by Gasteiger charge is -2.18. The van der Waals surface area contributed by atoms with Crippen LogP contribution in [0.4, 0.5) is 4.39 Å². The lowest BCUT2D eigenvalue weighted by atomic mass is 9.96. The van der Waals surface area contributed by atoms with Gasteiger partial charge in [-0.15, -0.1) is 0 Å². The summed E-state index contributed by atoms with van der Waals surface area (Å²) in [6.45, 7) is 2.32. The van der Waals surface area contributed by atoms with Crippen molar-refractivity contribution in [2.24, 2.45) is 0 Å². The minimum absolute atomic E-state index is 0.0763. The molecule has 0 bridgehead atoms. The van der Waals surface area contributed by atoms with Gasteiger partial charge < -0.3 is 24.4 Å². The van der Waals surface area contributed by atoms with E-state index in [0.29, 0.717) is 40.4 Å².